The SMILES string of the molecule is N#Cc1ccc(C(=O)NC2(c3ccc(Br)cc3)CC2)cc1. The number of carbonyl (C=O) groups is 1. The first kappa shape index (κ1) is 13.8. The largest absolute Gasteiger partial charge is 0.343 e. The molecule has 3 nitrogen and oxygen atoms in total. The van der Waals surface area contributed by atoms with E-state index in [1.54, 1.807) is 24.3 Å². The third-order valence-corrected chi connectivity index (χ3v) is 4.30. The van der Waals surface area contributed by atoms with E-state index in [2.05, 4.69) is 21.2 Å². The van der Waals surface area contributed by atoms with Gasteiger partial charge in [-0.25, -0.2) is 0 Å². The number of rotatable bonds is 3. The molecule has 1 aliphatic carbocycles. The molecule has 1 N–H and O–H groups in total. The Morgan fingerprint density at radius 2 is 1.71 bits per heavy atom. The monoisotopic (exact) mass is 340 g/mol. The van der Waals surface area contributed by atoms with E-state index >= 15 is 0 Å². The molecule has 0 aromatic heterocycles. The number of nitrogens with one attached hydrogen (secondary N) is 1. The van der Waals surface area contributed by atoms with Gasteiger partial charge in [0.25, 0.3) is 5.91 Å². The molecule has 0 aliphatic heterocycles. The minimum Gasteiger partial charge on any atom is -0.343 e. The van der Waals surface area contributed by atoms with E-state index < -0.39 is 0 Å². The Labute approximate surface area is 131 Å². The van der Waals surface area contributed by atoms with Crippen molar-refractivity contribution in [2.24, 2.45) is 0 Å². The number of amides is 1. The number of hydrogen-bond donors (Lipinski definition) is 1. The number of nitriles is 1. The molecule has 1 aliphatic rings. The van der Waals surface area contributed by atoms with Crippen molar-refractivity contribution in [3.63, 3.8) is 0 Å². The molecule has 104 valence electrons. The Bertz CT molecular complexity index is 710. The molecule has 3 rings (SSSR count). The molecule has 1 fully saturated rings. The summed E-state index contributed by atoms with van der Waals surface area (Å²) in [6.07, 6.45) is 1.91. The van der Waals surface area contributed by atoms with Crippen LogP contribution in [0.2, 0.25) is 0 Å². The van der Waals surface area contributed by atoms with Crippen molar-refractivity contribution in [2.75, 3.05) is 0 Å². The fourth-order valence-electron chi connectivity index (χ4n) is 2.37. The average molecular weight is 341 g/mol. The summed E-state index contributed by atoms with van der Waals surface area (Å²) in [4.78, 5) is 12.3. The Kier molecular flexibility index (Phi) is 3.52. The summed E-state index contributed by atoms with van der Waals surface area (Å²) in [5, 5.41) is 11.9. The first-order valence-electron chi connectivity index (χ1n) is 6.72. The summed E-state index contributed by atoms with van der Waals surface area (Å²) in [6, 6.07) is 16.8. The van der Waals surface area contributed by atoms with Crippen LogP contribution in [0.1, 0.15) is 34.3 Å². The third kappa shape index (κ3) is 2.84. The Morgan fingerprint density at radius 1 is 1.10 bits per heavy atom. The zero-order valence-corrected chi connectivity index (χ0v) is 12.9. The van der Waals surface area contributed by atoms with E-state index in [1.165, 1.54) is 0 Å². The van der Waals surface area contributed by atoms with Crippen molar-refractivity contribution in [1.29, 1.82) is 5.26 Å². The third-order valence-electron chi connectivity index (χ3n) is 3.78. The lowest BCUT2D eigenvalue weighted by atomic mass is 10.0. The molecule has 0 bridgehead atoms. The fraction of sp³-hybridized carbons (Fsp3) is 0.176. The van der Waals surface area contributed by atoms with Crippen molar-refractivity contribution >= 4 is 21.8 Å². The van der Waals surface area contributed by atoms with E-state index in [-0.39, 0.29) is 11.4 Å². The van der Waals surface area contributed by atoms with Gasteiger partial charge in [-0.2, -0.15) is 5.26 Å². The lowest BCUT2D eigenvalue weighted by Crippen LogP contribution is -2.34. The van der Waals surface area contributed by atoms with Crippen LogP contribution < -0.4 is 5.32 Å². The minimum atomic E-state index is -0.230. The van der Waals surface area contributed by atoms with E-state index in [1.807, 2.05) is 30.3 Å². The van der Waals surface area contributed by atoms with Gasteiger partial charge in [0.1, 0.15) is 0 Å². The molecule has 0 saturated heterocycles. The van der Waals surface area contributed by atoms with Gasteiger partial charge in [0, 0.05) is 10.0 Å². The molecule has 4 heteroatoms. The molecular formula is C17H13BrN2O. The topological polar surface area (TPSA) is 52.9 Å². The number of halogens is 1. The Morgan fingerprint density at radius 3 is 2.24 bits per heavy atom. The summed E-state index contributed by atoms with van der Waals surface area (Å²) in [6.45, 7) is 0. The number of hydrogen-bond acceptors (Lipinski definition) is 2. The molecule has 0 spiro atoms. The quantitative estimate of drug-likeness (QED) is 0.925. The van der Waals surface area contributed by atoms with Gasteiger partial charge in [-0.15, -0.1) is 0 Å². The second kappa shape index (κ2) is 5.34. The highest BCUT2D eigenvalue weighted by molar-refractivity contribution is 9.10. The van der Waals surface area contributed by atoms with Crippen LogP contribution in [0.25, 0.3) is 0 Å². The van der Waals surface area contributed by atoms with Crippen molar-refractivity contribution in [3.05, 3.63) is 69.7 Å². The van der Waals surface area contributed by atoms with E-state index in [0.717, 1.165) is 22.9 Å². The van der Waals surface area contributed by atoms with E-state index in [9.17, 15) is 4.79 Å². The zero-order chi connectivity index (χ0) is 14.9. The number of nitrogens with zero attached hydrogens (tertiary/aromatic N) is 1. The second-order valence-electron chi connectivity index (χ2n) is 5.23. The standard InChI is InChI=1S/C17H13BrN2O/c18-15-7-5-14(6-8-15)17(9-10-17)20-16(21)13-3-1-12(11-19)2-4-13/h1-8H,9-10H2,(H,20,21). The van der Waals surface area contributed by atoms with Crippen LogP contribution in [0.15, 0.2) is 53.0 Å². The molecule has 0 unspecified atom stereocenters. The van der Waals surface area contributed by atoms with Gasteiger partial charge in [-0.1, -0.05) is 28.1 Å². The highest BCUT2D eigenvalue weighted by atomic mass is 79.9. The summed E-state index contributed by atoms with van der Waals surface area (Å²) < 4.78 is 1.03. The maximum atomic E-state index is 12.3. The van der Waals surface area contributed by atoms with Gasteiger partial charge in [-0.05, 0) is 54.8 Å². The average Bonchev–Trinajstić information content (AvgIpc) is 3.28. The van der Waals surface area contributed by atoms with Crippen LogP contribution in [0.3, 0.4) is 0 Å². The second-order valence-corrected chi connectivity index (χ2v) is 6.15. The molecule has 2 aromatic rings. The predicted octanol–water partition coefficient (Wildman–Crippen LogP) is 3.74. The summed E-state index contributed by atoms with van der Waals surface area (Å²) in [5.41, 5.74) is 2.04. The zero-order valence-electron chi connectivity index (χ0n) is 11.3. The van der Waals surface area contributed by atoms with Gasteiger partial charge in [0.05, 0.1) is 17.2 Å². The van der Waals surface area contributed by atoms with E-state index in [4.69, 9.17) is 5.26 Å². The molecule has 0 heterocycles. The summed E-state index contributed by atoms with van der Waals surface area (Å²) in [7, 11) is 0. The maximum absolute atomic E-state index is 12.3. The first-order chi connectivity index (χ1) is 10.1. The molecule has 1 amide bonds. The Hall–Kier alpha value is -2.12. The maximum Gasteiger partial charge on any atom is 0.251 e. The minimum absolute atomic E-state index is 0.0973. The van der Waals surface area contributed by atoms with Gasteiger partial charge in [0.15, 0.2) is 0 Å². The van der Waals surface area contributed by atoms with Gasteiger partial charge in [-0.3, -0.25) is 4.79 Å². The van der Waals surface area contributed by atoms with Crippen LogP contribution >= 0.6 is 15.9 Å². The van der Waals surface area contributed by atoms with Gasteiger partial charge < -0.3 is 5.32 Å². The molecule has 0 radical (unpaired) electrons. The Balaban J connectivity index is 1.77. The molecule has 0 atom stereocenters. The van der Waals surface area contributed by atoms with Crippen molar-refractivity contribution in [3.8, 4) is 6.07 Å². The van der Waals surface area contributed by atoms with Crippen molar-refractivity contribution < 1.29 is 4.79 Å². The molecular weight excluding hydrogens is 328 g/mol. The van der Waals surface area contributed by atoms with Gasteiger partial charge >= 0.3 is 0 Å². The number of benzene rings is 2. The van der Waals surface area contributed by atoms with Crippen LogP contribution in [0.4, 0.5) is 0 Å². The summed E-state index contributed by atoms with van der Waals surface area (Å²) in [5.74, 6) is -0.0973. The lowest BCUT2D eigenvalue weighted by Gasteiger charge is -2.18. The number of carbonyl (C=O) groups excluding carboxylic acids is 1. The van der Waals surface area contributed by atoms with E-state index in [0.29, 0.717) is 11.1 Å². The van der Waals surface area contributed by atoms with Crippen molar-refractivity contribution in [2.45, 2.75) is 18.4 Å². The first-order valence-corrected chi connectivity index (χ1v) is 7.51. The van der Waals surface area contributed by atoms with Gasteiger partial charge in [0.2, 0.25) is 0 Å². The fourth-order valence-corrected chi connectivity index (χ4v) is 2.63. The molecule has 1 saturated carbocycles. The smallest absolute Gasteiger partial charge is 0.251 e. The lowest BCUT2D eigenvalue weighted by molar-refractivity contribution is 0.0931. The van der Waals surface area contributed by atoms with Crippen LogP contribution in [0, 0.1) is 11.3 Å². The van der Waals surface area contributed by atoms with Crippen LogP contribution in [-0.2, 0) is 5.54 Å². The predicted molar refractivity (Wildman–Crippen MR) is 83.7 cm³/mol. The highest BCUT2D eigenvalue weighted by Gasteiger charge is 2.45. The van der Waals surface area contributed by atoms with Crippen molar-refractivity contribution in [1.82, 2.24) is 5.32 Å². The molecule has 21 heavy (non-hydrogen) atoms. The molecule has 2 aromatic carbocycles. The summed E-state index contributed by atoms with van der Waals surface area (Å²) >= 11 is 3.42. The highest BCUT2D eigenvalue weighted by Crippen LogP contribution is 2.45. The normalized spacial score (nSPS) is 15.0. The van der Waals surface area contributed by atoms with Crippen LogP contribution in [0.5, 0.6) is 0 Å². The van der Waals surface area contributed by atoms with Crippen LogP contribution in [-0.4, -0.2) is 5.91 Å².